The van der Waals surface area contributed by atoms with E-state index in [-0.39, 0.29) is 5.60 Å². The largest absolute Gasteiger partial charge is 0.487 e. The number of carboxylic acids is 1. The van der Waals surface area contributed by atoms with Gasteiger partial charge < -0.3 is 19.5 Å². The van der Waals surface area contributed by atoms with Crippen LogP contribution in [0.3, 0.4) is 0 Å². The first-order chi connectivity index (χ1) is 27.2. The van der Waals surface area contributed by atoms with E-state index in [1.165, 1.54) is 44.9 Å². The average Bonchev–Trinajstić information content (AvgIpc) is 3.16. The number of nitrogens with zero attached hydrogens (tertiary/aromatic N) is 2. The van der Waals surface area contributed by atoms with Crippen molar-refractivity contribution in [1.82, 2.24) is 0 Å². The lowest BCUT2D eigenvalue weighted by atomic mass is 9.85. The number of carbonyl (C=O) groups is 2. The highest BCUT2D eigenvalue weighted by Crippen LogP contribution is 2.41. The van der Waals surface area contributed by atoms with Crippen LogP contribution >= 0.6 is 0 Å². The predicted molar refractivity (Wildman–Crippen MR) is 234 cm³/mol. The van der Waals surface area contributed by atoms with E-state index >= 15 is 0 Å². The summed E-state index contributed by atoms with van der Waals surface area (Å²) in [4.78, 5) is 28.5. The number of hydrogen-bond donors (Lipinski definition) is 1. The van der Waals surface area contributed by atoms with Crippen LogP contribution in [0.25, 0.3) is 23.1 Å². The van der Waals surface area contributed by atoms with Crippen LogP contribution in [0.2, 0.25) is 0 Å². The minimum Gasteiger partial charge on any atom is -0.487 e. The lowest BCUT2D eigenvalue weighted by Gasteiger charge is -2.37. The quantitative estimate of drug-likeness (QED) is 0.0547. The van der Waals surface area contributed by atoms with Crippen LogP contribution in [-0.4, -0.2) is 36.7 Å². The Morgan fingerprint density at radius 2 is 1.54 bits per heavy atom. The van der Waals surface area contributed by atoms with E-state index in [1.807, 2.05) is 111 Å². The third kappa shape index (κ3) is 12.4. The number of aromatic nitrogens is 1. The molecule has 7 heteroatoms. The highest BCUT2D eigenvalue weighted by molar-refractivity contribution is 5.83. The van der Waals surface area contributed by atoms with Gasteiger partial charge in [0.15, 0.2) is 0 Å². The molecule has 4 unspecified atom stereocenters. The van der Waals surface area contributed by atoms with E-state index in [1.54, 1.807) is 4.57 Å². The van der Waals surface area contributed by atoms with E-state index in [2.05, 4.69) is 34.6 Å². The SMILES string of the molecule is Cc1cc(OC(=O)C(CC(=O)O)[n+]2c(/C=C/c3ccc(N(C)C)cc3)ccc3ccccc32)cc2c1OC(C)(CCCC(C)CCCC(C)CCCC(C)C)CC2. The van der Waals surface area contributed by atoms with Gasteiger partial charge in [-0.25, -0.2) is 4.79 Å². The highest BCUT2D eigenvalue weighted by Gasteiger charge is 2.37. The summed E-state index contributed by atoms with van der Waals surface area (Å²) in [5, 5.41) is 11.0. The Morgan fingerprint density at radius 1 is 0.877 bits per heavy atom. The van der Waals surface area contributed by atoms with E-state index in [9.17, 15) is 14.7 Å². The third-order valence-electron chi connectivity index (χ3n) is 11.8. The molecule has 1 aliphatic heterocycles. The number of aliphatic carboxylic acids is 1. The molecule has 306 valence electrons. The maximum absolute atomic E-state index is 14.2. The van der Waals surface area contributed by atoms with Crippen LogP contribution < -0.4 is 18.9 Å². The molecule has 57 heavy (non-hydrogen) atoms. The van der Waals surface area contributed by atoms with Crippen molar-refractivity contribution < 1.29 is 28.7 Å². The van der Waals surface area contributed by atoms with Gasteiger partial charge in [0.25, 0.3) is 6.04 Å². The molecular weight excluding hydrogens is 709 g/mol. The van der Waals surface area contributed by atoms with Crippen molar-refractivity contribution in [2.24, 2.45) is 17.8 Å². The van der Waals surface area contributed by atoms with Gasteiger partial charge in [-0.1, -0.05) is 96.9 Å². The summed E-state index contributed by atoms with van der Waals surface area (Å²) in [5.41, 5.74) is 5.20. The number of carbonyl (C=O) groups excluding carboxylic acids is 1. The molecule has 5 rings (SSSR count). The molecule has 0 saturated heterocycles. The van der Waals surface area contributed by atoms with Gasteiger partial charge in [0.05, 0.1) is 0 Å². The molecule has 1 N–H and O–H groups in total. The number of anilines is 1. The van der Waals surface area contributed by atoms with E-state index in [0.717, 1.165) is 82.5 Å². The number of fused-ring (bicyclic) bond motifs is 2. The summed E-state index contributed by atoms with van der Waals surface area (Å²) in [7, 11) is 4.00. The Bertz CT molecular complexity index is 1980. The fourth-order valence-corrected chi connectivity index (χ4v) is 8.30. The van der Waals surface area contributed by atoms with Crippen LogP contribution in [0, 0.1) is 24.7 Å². The molecule has 4 atom stereocenters. The van der Waals surface area contributed by atoms with Gasteiger partial charge in [-0.3, -0.25) is 4.79 Å². The standard InChI is InChI=1S/C50H66N2O5/c1-35(2)14-11-15-36(3)16-12-17-37(4)18-13-30-50(6)31-29-41-33-44(32-38(5)48(41)57-50)56-49(55)46(34-47(53)54)52-43(28-24-40-19-9-10-20-45(40)52)27-23-39-21-25-42(26-22-39)51(7)8/h9-10,19-28,32-33,35-37,46H,11-18,29-31,34H2,1-8H3/p+1. The van der Waals surface area contributed by atoms with Crippen molar-refractivity contribution in [1.29, 1.82) is 0 Å². The Kier molecular flexibility index (Phi) is 15.4. The summed E-state index contributed by atoms with van der Waals surface area (Å²) in [5.74, 6) is 1.91. The molecule has 1 aliphatic rings. The molecule has 0 aliphatic carbocycles. The van der Waals surface area contributed by atoms with Gasteiger partial charge in [-0.15, -0.1) is 0 Å². The molecule has 0 radical (unpaired) electrons. The van der Waals surface area contributed by atoms with Crippen LogP contribution in [-0.2, 0) is 16.0 Å². The van der Waals surface area contributed by atoms with Gasteiger partial charge in [0.2, 0.25) is 11.2 Å². The molecule has 0 bridgehead atoms. The number of rotatable bonds is 20. The first-order valence-corrected chi connectivity index (χ1v) is 21.4. The molecule has 4 aromatic rings. The maximum atomic E-state index is 14.2. The van der Waals surface area contributed by atoms with Crippen molar-refractivity contribution in [3.63, 3.8) is 0 Å². The summed E-state index contributed by atoms with van der Waals surface area (Å²) >= 11 is 0. The smallest absolute Gasteiger partial charge is 0.381 e. The first-order valence-electron chi connectivity index (χ1n) is 21.4. The van der Waals surface area contributed by atoms with Crippen LogP contribution in [0.4, 0.5) is 5.69 Å². The Labute approximate surface area is 342 Å². The molecular formula is C50H67N2O5+. The molecule has 0 saturated carbocycles. The number of pyridine rings is 1. The molecule has 1 aromatic heterocycles. The summed E-state index contributed by atoms with van der Waals surface area (Å²) < 4.78 is 14.6. The summed E-state index contributed by atoms with van der Waals surface area (Å²) in [6, 6.07) is 22.4. The van der Waals surface area contributed by atoms with Crippen molar-refractivity contribution in [2.45, 2.75) is 130 Å². The van der Waals surface area contributed by atoms with Gasteiger partial charge >= 0.3 is 11.9 Å². The van der Waals surface area contributed by atoms with Crippen molar-refractivity contribution in [3.8, 4) is 11.5 Å². The predicted octanol–water partition coefficient (Wildman–Crippen LogP) is 11.8. The number of ether oxygens (including phenoxy) is 2. The molecule has 0 spiro atoms. The summed E-state index contributed by atoms with van der Waals surface area (Å²) in [6.45, 7) is 13.7. The second-order valence-electron chi connectivity index (χ2n) is 17.7. The Balaban J connectivity index is 1.25. The van der Waals surface area contributed by atoms with E-state index in [0.29, 0.717) is 11.4 Å². The zero-order chi connectivity index (χ0) is 41.1. The van der Waals surface area contributed by atoms with Crippen LogP contribution in [0.5, 0.6) is 11.5 Å². The van der Waals surface area contributed by atoms with Crippen LogP contribution in [0.1, 0.15) is 134 Å². The number of carboxylic acid groups (broad SMARTS) is 1. The maximum Gasteiger partial charge on any atom is 0.381 e. The fourth-order valence-electron chi connectivity index (χ4n) is 8.30. The monoisotopic (exact) mass is 776 g/mol. The topological polar surface area (TPSA) is 80.0 Å². The first kappa shape index (κ1) is 43.5. The normalized spacial score (nSPS) is 16.9. The number of para-hydroxylation sites is 1. The molecule has 0 fully saturated rings. The van der Waals surface area contributed by atoms with Crippen molar-refractivity contribution in [2.75, 3.05) is 19.0 Å². The molecule has 3 aromatic carbocycles. The Hall–Kier alpha value is -4.65. The van der Waals surface area contributed by atoms with Gasteiger partial charge in [0, 0.05) is 43.4 Å². The number of hydrogen-bond acceptors (Lipinski definition) is 5. The lowest BCUT2D eigenvalue weighted by Crippen LogP contribution is -2.49. The second kappa shape index (κ2) is 20.2. The minimum atomic E-state index is -1.11. The molecule has 0 amide bonds. The average molecular weight is 776 g/mol. The molecule has 7 nitrogen and oxygen atoms in total. The Morgan fingerprint density at radius 3 is 2.21 bits per heavy atom. The highest BCUT2D eigenvalue weighted by atomic mass is 16.5. The minimum absolute atomic E-state index is 0.240. The zero-order valence-electron chi connectivity index (χ0n) is 35.9. The number of aryl methyl sites for hydroxylation is 2. The van der Waals surface area contributed by atoms with Crippen LogP contribution in [0.15, 0.2) is 72.8 Å². The second-order valence-corrected chi connectivity index (χ2v) is 17.7. The van der Waals surface area contributed by atoms with Crippen molar-refractivity contribution >= 4 is 40.7 Å². The van der Waals surface area contributed by atoms with Crippen molar-refractivity contribution in [3.05, 3.63) is 95.2 Å². The fraction of sp³-hybridized carbons (Fsp3) is 0.500. The van der Waals surface area contributed by atoms with E-state index in [4.69, 9.17) is 9.47 Å². The van der Waals surface area contributed by atoms with E-state index < -0.39 is 24.4 Å². The lowest BCUT2D eigenvalue weighted by molar-refractivity contribution is -0.686. The number of esters is 1. The van der Waals surface area contributed by atoms with Gasteiger partial charge in [0.1, 0.15) is 23.5 Å². The van der Waals surface area contributed by atoms with Gasteiger partial charge in [-0.05, 0) is 116 Å². The summed E-state index contributed by atoms with van der Waals surface area (Å²) in [6.07, 6.45) is 16.6. The molecule has 2 heterocycles. The van der Waals surface area contributed by atoms with Gasteiger partial charge in [-0.2, -0.15) is 4.57 Å². The third-order valence-corrected chi connectivity index (χ3v) is 11.8. The zero-order valence-corrected chi connectivity index (χ0v) is 35.9. The number of benzene rings is 3.